The maximum Gasteiger partial charge on any atom is 0.250 e. The van der Waals surface area contributed by atoms with E-state index in [-0.39, 0.29) is 11.6 Å². The Bertz CT molecular complexity index is 866. The van der Waals surface area contributed by atoms with Gasteiger partial charge in [-0.15, -0.1) is 0 Å². The van der Waals surface area contributed by atoms with Gasteiger partial charge in [-0.1, -0.05) is 18.2 Å². The first-order valence-corrected chi connectivity index (χ1v) is 8.67. The smallest absolute Gasteiger partial charge is 0.250 e. The topological polar surface area (TPSA) is 58.3 Å². The third-order valence-corrected chi connectivity index (χ3v) is 5.43. The minimum atomic E-state index is -0.266. The number of benzene rings is 1. The van der Waals surface area contributed by atoms with Crippen LogP contribution in [0.2, 0.25) is 0 Å². The molecule has 0 radical (unpaired) electrons. The summed E-state index contributed by atoms with van der Waals surface area (Å²) in [6, 6.07) is 15.5. The third-order valence-electron chi connectivity index (χ3n) is 5.43. The predicted octanol–water partition coefficient (Wildman–Crippen LogP) is 2.54. The first kappa shape index (κ1) is 15.9. The van der Waals surface area contributed by atoms with Gasteiger partial charge in [-0.25, -0.2) is 0 Å². The second-order valence-corrected chi connectivity index (χ2v) is 6.96. The summed E-state index contributed by atoms with van der Waals surface area (Å²) in [5, 5.41) is 9.78. The minimum absolute atomic E-state index is 0.0904. The molecule has 1 saturated heterocycles. The molecule has 0 saturated carbocycles. The Balaban J connectivity index is 1.62. The van der Waals surface area contributed by atoms with Crippen LogP contribution >= 0.6 is 0 Å². The highest BCUT2D eigenvalue weighted by Gasteiger charge is 2.37. The summed E-state index contributed by atoms with van der Waals surface area (Å²) in [6.07, 6.45) is 1.10. The number of pyridine rings is 1. The maximum absolute atomic E-state index is 12.1. The molecule has 128 valence electrons. The van der Waals surface area contributed by atoms with E-state index in [1.807, 2.05) is 34.9 Å². The van der Waals surface area contributed by atoms with E-state index in [2.05, 4.69) is 17.0 Å². The number of methoxy groups -OCH3 is 1. The number of rotatable bonds is 3. The van der Waals surface area contributed by atoms with Crippen LogP contribution in [0.25, 0.3) is 0 Å². The van der Waals surface area contributed by atoms with Gasteiger partial charge in [0.05, 0.1) is 13.2 Å². The van der Waals surface area contributed by atoms with Gasteiger partial charge in [0.15, 0.2) is 0 Å². The van der Waals surface area contributed by atoms with Gasteiger partial charge in [0.25, 0.3) is 5.56 Å². The number of hydrogen-bond donors (Lipinski definition) is 0. The molecule has 0 spiro atoms. The Kier molecular flexibility index (Phi) is 4.06. The van der Waals surface area contributed by atoms with Gasteiger partial charge in [0, 0.05) is 37.3 Å². The number of nitriles is 1. The highest BCUT2D eigenvalue weighted by Crippen LogP contribution is 2.38. The highest BCUT2D eigenvalue weighted by atomic mass is 16.5. The third kappa shape index (κ3) is 2.83. The van der Waals surface area contributed by atoms with E-state index in [1.165, 1.54) is 0 Å². The number of likely N-dealkylation sites (tertiary alicyclic amines) is 1. The molecule has 2 aromatic rings. The fourth-order valence-corrected chi connectivity index (χ4v) is 4.30. The molecule has 0 aliphatic carbocycles. The van der Waals surface area contributed by atoms with Crippen LogP contribution < -0.4 is 10.3 Å². The largest absolute Gasteiger partial charge is 0.497 e. The van der Waals surface area contributed by atoms with Crippen LogP contribution in [-0.2, 0) is 6.54 Å². The van der Waals surface area contributed by atoms with Gasteiger partial charge in [0.2, 0.25) is 0 Å². The Morgan fingerprint density at radius 2 is 1.96 bits per heavy atom. The lowest BCUT2D eigenvalue weighted by molar-refractivity contribution is 0.100. The van der Waals surface area contributed by atoms with Gasteiger partial charge in [0.1, 0.15) is 11.8 Å². The van der Waals surface area contributed by atoms with Crippen LogP contribution in [0.15, 0.2) is 47.3 Å². The summed E-state index contributed by atoms with van der Waals surface area (Å²) in [4.78, 5) is 14.4. The van der Waals surface area contributed by atoms with E-state index in [4.69, 9.17) is 4.74 Å². The van der Waals surface area contributed by atoms with Gasteiger partial charge >= 0.3 is 0 Å². The van der Waals surface area contributed by atoms with Crippen LogP contribution in [0.3, 0.4) is 0 Å². The molecule has 0 unspecified atom stereocenters. The van der Waals surface area contributed by atoms with E-state index in [0.717, 1.165) is 43.1 Å². The predicted molar refractivity (Wildman–Crippen MR) is 94.5 cm³/mol. The van der Waals surface area contributed by atoms with Gasteiger partial charge in [-0.3, -0.25) is 9.69 Å². The number of ether oxygens (including phenoxy) is 1. The number of aromatic nitrogens is 1. The lowest BCUT2D eigenvalue weighted by Gasteiger charge is -2.44. The molecule has 2 aliphatic rings. The molecule has 3 atom stereocenters. The van der Waals surface area contributed by atoms with Gasteiger partial charge in [-0.2, -0.15) is 5.26 Å². The molecule has 0 N–H and O–H groups in total. The fourth-order valence-electron chi connectivity index (χ4n) is 4.30. The monoisotopic (exact) mass is 335 g/mol. The Morgan fingerprint density at radius 3 is 2.68 bits per heavy atom. The lowest BCUT2D eigenvalue weighted by Crippen LogP contribution is -2.47. The number of nitrogens with zero attached hydrogens (tertiary/aromatic N) is 3. The molecule has 5 heteroatoms. The van der Waals surface area contributed by atoms with E-state index in [1.54, 1.807) is 13.2 Å². The van der Waals surface area contributed by atoms with Crippen LogP contribution in [0, 0.1) is 17.2 Å². The molecular formula is C20H21N3O2. The van der Waals surface area contributed by atoms with Crippen LogP contribution in [0.5, 0.6) is 5.75 Å². The quantitative estimate of drug-likeness (QED) is 0.865. The first-order valence-electron chi connectivity index (χ1n) is 8.67. The summed E-state index contributed by atoms with van der Waals surface area (Å²) in [5.74, 6) is 1.53. The van der Waals surface area contributed by atoms with Crippen molar-refractivity contribution >= 4 is 0 Å². The zero-order valence-electron chi connectivity index (χ0n) is 14.3. The van der Waals surface area contributed by atoms with E-state index in [9.17, 15) is 10.1 Å². The molecule has 25 heavy (non-hydrogen) atoms. The lowest BCUT2D eigenvalue weighted by atomic mass is 9.82. The maximum atomic E-state index is 12.1. The second-order valence-electron chi connectivity index (χ2n) is 6.96. The average Bonchev–Trinajstić information content (AvgIpc) is 2.64. The molecule has 2 aliphatic heterocycles. The molecule has 4 rings (SSSR count). The van der Waals surface area contributed by atoms with Crippen molar-refractivity contribution in [3.05, 3.63) is 64.1 Å². The zero-order valence-corrected chi connectivity index (χ0v) is 14.3. The number of piperidine rings is 1. The van der Waals surface area contributed by atoms with Crippen molar-refractivity contribution in [2.45, 2.75) is 24.9 Å². The summed E-state index contributed by atoms with van der Waals surface area (Å²) < 4.78 is 7.13. The average molecular weight is 335 g/mol. The molecule has 1 aromatic carbocycles. The van der Waals surface area contributed by atoms with Crippen molar-refractivity contribution in [1.82, 2.24) is 9.47 Å². The summed E-state index contributed by atoms with van der Waals surface area (Å²) in [5.41, 5.74) is 2.20. The minimum Gasteiger partial charge on any atom is -0.497 e. The van der Waals surface area contributed by atoms with Crippen molar-refractivity contribution in [2.24, 2.45) is 5.92 Å². The SMILES string of the molecule is COc1ccc([C@@H](C#N)N2C[C@@H]3C[C@H](C2)c2cccc(=O)n2C3)cc1. The fraction of sp³-hybridized carbons (Fsp3) is 0.400. The van der Waals surface area contributed by atoms with E-state index >= 15 is 0 Å². The van der Waals surface area contributed by atoms with Crippen molar-refractivity contribution < 1.29 is 4.74 Å². The molecule has 0 amide bonds. The van der Waals surface area contributed by atoms with Crippen molar-refractivity contribution in [1.29, 1.82) is 5.26 Å². The van der Waals surface area contributed by atoms with Gasteiger partial charge < -0.3 is 9.30 Å². The zero-order chi connectivity index (χ0) is 17.4. The summed E-state index contributed by atoms with van der Waals surface area (Å²) in [7, 11) is 1.64. The molecular weight excluding hydrogens is 314 g/mol. The van der Waals surface area contributed by atoms with E-state index in [0.29, 0.717) is 11.8 Å². The Labute approximate surface area is 147 Å². The Morgan fingerprint density at radius 1 is 1.16 bits per heavy atom. The summed E-state index contributed by atoms with van der Waals surface area (Å²) >= 11 is 0. The van der Waals surface area contributed by atoms with Gasteiger partial charge in [-0.05, 0) is 36.1 Å². The van der Waals surface area contributed by atoms with Crippen LogP contribution in [-0.4, -0.2) is 29.7 Å². The normalized spacial score (nSPS) is 23.4. The summed E-state index contributed by atoms with van der Waals surface area (Å²) in [6.45, 7) is 2.41. The first-order chi connectivity index (χ1) is 12.2. The number of fused-ring (bicyclic) bond motifs is 4. The van der Waals surface area contributed by atoms with E-state index < -0.39 is 0 Å². The number of hydrogen-bond acceptors (Lipinski definition) is 4. The molecule has 1 aromatic heterocycles. The molecule has 2 bridgehead atoms. The molecule has 1 fully saturated rings. The molecule has 5 nitrogen and oxygen atoms in total. The molecule has 3 heterocycles. The van der Waals surface area contributed by atoms with Crippen molar-refractivity contribution in [2.75, 3.05) is 20.2 Å². The van der Waals surface area contributed by atoms with Crippen LogP contribution in [0.1, 0.15) is 29.6 Å². The Hall–Kier alpha value is -2.58. The van der Waals surface area contributed by atoms with Crippen molar-refractivity contribution in [3.63, 3.8) is 0 Å². The standard InChI is InChI=1S/C20H21N3O2/c1-25-17-7-5-15(6-8-17)19(10-21)22-11-14-9-16(13-22)18-3-2-4-20(24)23(18)12-14/h2-8,14,16,19H,9,11-13H2,1H3/t14-,16+,19+/m0/s1. The van der Waals surface area contributed by atoms with Crippen LogP contribution in [0.4, 0.5) is 0 Å². The van der Waals surface area contributed by atoms with Crippen molar-refractivity contribution in [3.8, 4) is 11.8 Å². The second kappa shape index (κ2) is 6.38. The highest BCUT2D eigenvalue weighted by molar-refractivity contribution is 5.32.